The van der Waals surface area contributed by atoms with Crippen molar-refractivity contribution in [2.24, 2.45) is 10.5 Å². The van der Waals surface area contributed by atoms with E-state index in [2.05, 4.69) is 20.6 Å². The van der Waals surface area contributed by atoms with Crippen LogP contribution in [-0.4, -0.2) is 31.4 Å². The largest absolute Gasteiger partial charge is 0.453 e. The quantitative estimate of drug-likeness (QED) is 0.657. The van der Waals surface area contributed by atoms with Gasteiger partial charge in [-0.1, -0.05) is 51.1 Å². The maximum Gasteiger partial charge on any atom is 0.407 e. The summed E-state index contributed by atoms with van der Waals surface area (Å²) in [6.07, 6.45) is 0.882. The molecule has 0 radical (unpaired) electrons. The maximum absolute atomic E-state index is 12.1. The predicted molar refractivity (Wildman–Crippen MR) is 81.0 cm³/mol. The average Bonchev–Trinajstić information content (AvgIpc) is 2.44. The van der Waals surface area contributed by atoms with Crippen LogP contribution >= 0.6 is 0 Å². The number of amides is 2. The molecule has 0 aromatic heterocycles. The van der Waals surface area contributed by atoms with Crippen molar-refractivity contribution < 1.29 is 14.3 Å². The fourth-order valence-electron chi connectivity index (χ4n) is 1.63. The van der Waals surface area contributed by atoms with E-state index in [-0.39, 0.29) is 0 Å². The van der Waals surface area contributed by atoms with Crippen LogP contribution in [0.3, 0.4) is 0 Å². The molecule has 0 saturated heterocycles. The van der Waals surface area contributed by atoms with Gasteiger partial charge in [-0.25, -0.2) is 10.2 Å². The second kappa shape index (κ2) is 7.42. The highest BCUT2D eigenvalue weighted by molar-refractivity contribution is 5.87. The Labute approximate surface area is 124 Å². The maximum atomic E-state index is 12.1. The zero-order valence-corrected chi connectivity index (χ0v) is 12.7. The summed E-state index contributed by atoms with van der Waals surface area (Å²) in [6.45, 7) is 5.52. The third-order valence-electron chi connectivity index (χ3n) is 2.76. The Morgan fingerprint density at radius 1 is 1.24 bits per heavy atom. The van der Waals surface area contributed by atoms with Crippen LogP contribution in [0.25, 0.3) is 0 Å². The van der Waals surface area contributed by atoms with E-state index in [9.17, 15) is 9.59 Å². The lowest BCUT2D eigenvalue weighted by Gasteiger charge is -2.28. The standard InChI is InChI=1S/C15H21N3O3/c1-15(2,3)12(17-14(20)21-4)13(19)18-16-10-11-8-6-5-7-9-11/h5-10,12H,1-4H3,(H,17,20)(H,18,19)/b16-10-/t12-/m1/s1. The number of hydrazone groups is 1. The van der Waals surface area contributed by atoms with Gasteiger partial charge >= 0.3 is 6.09 Å². The van der Waals surface area contributed by atoms with Crippen molar-refractivity contribution in [2.75, 3.05) is 7.11 Å². The molecule has 0 heterocycles. The number of hydrogen-bond donors (Lipinski definition) is 2. The van der Waals surface area contributed by atoms with Crippen molar-refractivity contribution in [3.8, 4) is 0 Å². The van der Waals surface area contributed by atoms with Crippen molar-refractivity contribution >= 4 is 18.2 Å². The highest BCUT2D eigenvalue weighted by atomic mass is 16.5. The van der Waals surface area contributed by atoms with E-state index < -0.39 is 23.5 Å². The van der Waals surface area contributed by atoms with E-state index in [1.807, 2.05) is 51.1 Å². The molecule has 21 heavy (non-hydrogen) atoms. The topological polar surface area (TPSA) is 79.8 Å². The first-order chi connectivity index (χ1) is 9.84. The molecule has 0 spiro atoms. The summed E-state index contributed by atoms with van der Waals surface area (Å²) >= 11 is 0. The smallest absolute Gasteiger partial charge is 0.407 e. The molecule has 2 N–H and O–H groups in total. The molecular weight excluding hydrogens is 270 g/mol. The first-order valence-corrected chi connectivity index (χ1v) is 6.57. The SMILES string of the molecule is COC(=O)N[C@H](C(=O)N/N=C\c1ccccc1)C(C)(C)C. The Kier molecular flexibility index (Phi) is 5.90. The van der Waals surface area contributed by atoms with E-state index in [1.54, 1.807) is 0 Å². The van der Waals surface area contributed by atoms with Gasteiger partial charge in [-0.15, -0.1) is 0 Å². The highest BCUT2D eigenvalue weighted by Gasteiger charge is 2.33. The zero-order valence-electron chi connectivity index (χ0n) is 12.7. The van der Waals surface area contributed by atoms with E-state index >= 15 is 0 Å². The van der Waals surface area contributed by atoms with Crippen LogP contribution in [-0.2, 0) is 9.53 Å². The number of hydrogen-bond acceptors (Lipinski definition) is 4. The summed E-state index contributed by atoms with van der Waals surface area (Å²) in [5, 5.41) is 6.40. The van der Waals surface area contributed by atoms with Crippen LogP contribution in [0.4, 0.5) is 4.79 Å². The number of nitrogens with one attached hydrogen (secondary N) is 2. The van der Waals surface area contributed by atoms with Crippen LogP contribution in [0.1, 0.15) is 26.3 Å². The fraction of sp³-hybridized carbons (Fsp3) is 0.400. The number of methoxy groups -OCH3 is 1. The van der Waals surface area contributed by atoms with Crippen LogP contribution in [0.15, 0.2) is 35.4 Å². The number of alkyl carbamates (subject to hydrolysis) is 1. The Balaban J connectivity index is 2.69. The Morgan fingerprint density at radius 3 is 2.38 bits per heavy atom. The Morgan fingerprint density at radius 2 is 1.86 bits per heavy atom. The van der Waals surface area contributed by atoms with Gasteiger partial charge in [0.05, 0.1) is 13.3 Å². The van der Waals surface area contributed by atoms with Crippen molar-refractivity contribution in [3.05, 3.63) is 35.9 Å². The summed E-state index contributed by atoms with van der Waals surface area (Å²) < 4.78 is 4.53. The van der Waals surface area contributed by atoms with E-state index in [1.165, 1.54) is 13.3 Å². The second-order valence-electron chi connectivity index (χ2n) is 5.58. The molecule has 0 saturated carbocycles. The molecule has 0 fully saturated rings. The van der Waals surface area contributed by atoms with Crippen LogP contribution < -0.4 is 10.7 Å². The average molecular weight is 291 g/mol. The summed E-state index contributed by atoms with van der Waals surface area (Å²) in [6, 6.07) is 8.62. The predicted octanol–water partition coefficient (Wildman–Crippen LogP) is 1.91. The third kappa shape index (κ3) is 5.64. The summed E-state index contributed by atoms with van der Waals surface area (Å²) in [7, 11) is 1.25. The highest BCUT2D eigenvalue weighted by Crippen LogP contribution is 2.19. The van der Waals surface area contributed by atoms with Gasteiger partial charge in [0.15, 0.2) is 0 Å². The number of rotatable bonds is 4. The molecule has 0 aliphatic rings. The lowest BCUT2D eigenvalue weighted by Crippen LogP contribution is -2.52. The van der Waals surface area contributed by atoms with Crippen LogP contribution in [0, 0.1) is 5.41 Å². The molecule has 0 aliphatic carbocycles. The minimum absolute atomic E-state index is 0.403. The normalized spacial score (nSPS) is 12.8. The number of benzene rings is 1. The lowest BCUT2D eigenvalue weighted by atomic mass is 9.86. The van der Waals surface area contributed by atoms with Crippen molar-refractivity contribution in [3.63, 3.8) is 0 Å². The Hall–Kier alpha value is -2.37. The van der Waals surface area contributed by atoms with E-state index in [4.69, 9.17) is 0 Å². The molecule has 0 bridgehead atoms. The van der Waals surface area contributed by atoms with Crippen molar-refractivity contribution in [1.82, 2.24) is 10.7 Å². The number of carbonyl (C=O) groups excluding carboxylic acids is 2. The van der Waals surface area contributed by atoms with E-state index in [0.717, 1.165) is 5.56 Å². The lowest BCUT2D eigenvalue weighted by molar-refractivity contribution is -0.125. The summed E-state index contributed by atoms with van der Waals surface area (Å²) in [5.41, 5.74) is 2.82. The molecule has 114 valence electrons. The molecule has 2 amide bonds. The molecule has 0 unspecified atom stereocenters. The first kappa shape index (κ1) is 16.7. The Bertz CT molecular complexity index is 507. The van der Waals surface area contributed by atoms with Gasteiger partial charge < -0.3 is 10.1 Å². The molecule has 1 atom stereocenters. The van der Waals surface area contributed by atoms with Gasteiger partial charge in [-0.05, 0) is 11.0 Å². The minimum atomic E-state index is -0.752. The number of ether oxygens (including phenoxy) is 1. The molecule has 0 aliphatic heterocycles. The van der Waals surface area contributed by atoms with Crippen molar-refractivity contribution in [2.45, 2.75) is 26.8 Å². The molecular formula is C15H21N3O3. The molecule has 1 aromatic rings. The van der Waals surface area contributed by atoms with Crippen molar-refractivity contribution in [1.29, 1.82) is 0 Å². The first-order valence-electron chi connectivity index (χ1n) is 6.57. The van der Waals surface area contributed by atoms with Gasteiger partial charge in [0.25, 0.3) is 5.91 Å². The number of nitrogens with zero attached hydrogens (tertiary/aromatic N) is 1. The molecule has 1 aromatic carbocycles. The van der Waals surface area contributed by atoms with Gasteiger partial charge in [0.1, 0.15) is 6.04 Å². The monoisotopic (exact) mass is 291 g/mol. The van der Waals surface area contributed by atoms with Gasteiger partial charge in [-0.2, -0.15) is 5.10 Å². The van der Waals surface area contributed by atoms with Gasteiger partial charge in [0.2, 0.25) is 0 Å². The molecule has 6 nitrogen and oxygen atoms in total. The fourth-order valence-corrected chi connectivity index (χ4v) is 1.63. The summed E-state index contributed by atoms with van der Waals surface area (Å²) in [5.74, 6) is -0.403. The van der Waals surface area contributed by atoms with E-state index in [0.29, 0.717) is 0 Å². The number of carbonyl (C=O) groups is 2. The van der Waals surface area contributed by atoms with Crippen LogP contribution in [0.5, 0.6) is 0 Å². The van der Waals surface area contributed by atoms with Gasteiger partial charge in [0, 0.05) is 0 Å². The van der Waals surface area contributed by atoms with Crippen LogP contribution in [0.2, 0.25) is 0 Å². The second-order valence-corrected chi connectivity index (χ2v) is 5.58. The van der Waals surface area contributed by atoms with Gasteiger partial charge in [-0.3, -0.25) is 4.79 Å². The molecule has 1 rings (SSSR count). The molecule has 6 heteroatoms. The minimum Gasteiger partial charge on any atom is -0.453 e. The summed E-state index contributed by atoms with van der Waals surface area (Å²) in [4.78, 5) is 23.5. The third-order valence-corrected chi connectivity index (χ3v) is 2.76. The zero-order chi connectivity index (χ0) is 15.9.